The molecule has 1 aliphatic carbocycles. The number of hydrogen-bond donors (Lipinski definition) is 2. The smallest absolute Gasteiger partial charge is 0.410 e. The van der Waals surface area contributed by atoms with Gasteiger partial charge in [0.2, 0.25) is 0 Å². The second-order valence-electron chi connectivity index (χ2n) is 8.66. The van der Waals surface area contributed by atoms with E-state index in [0.717, 1.165) is 12.1 Å². The highest BCUT2D eigenvalue weighted by Gasteiger charge is 2.43. The van der Waals surface area contributed by atoms with Crippen LogP contribution >= 0.6 is 0 Å². The normalized spacial score (nSPS) is 21.6. The van der Waals surface area contributed by atoms with Crippen LogP contribution in [0.15, 0.2) is 30.3 Å². The molecule has 2 unspecified atom stereocenters. The van der Waals surface area contributed by atoms with Crippen molar-refractivity contribution < 1.29 is 19.5 Å². The first-order valence-electron chi connectivity index (χ1n) is 9.74. The van der Waals surface area contributed by atoms with Gasteiger partial charge < -0.3 is 5.11 Å². The number of hydrogen-bond acceptors (Lipinski definition) is 4. The fourth-order valence-corrected chi connectivity index (χ4v) is 4.39. The number of carbonyl (C=O) groups excluding carboxylic acids is 2. The van der Waals surface area contributed by atoms with E-state index >= 15 is 0 Å². The lowest BCUT2D eigenvalue weighted by atomic mass is 10.0. The fourth-order valence-electron chi connectivity index (χ4n) is 4.39. The van der Waals surface area contributed by atoms with Gasteiger partial charge >= 0.3 is 6.09 Å². The van der Waals surface area contributed by atoms with Crippen LogP contribution in [0.3, 0.4) is 0 Å². The molecule has 0 radical (unpaired) electrons. The molecular formula is C21H24N4O4. The number of aromatic nitrogens is 2. The second-order valence-corrected chi connectivity index (χ2v) is 8.66. The third kappa shape index (κ3) is 3.28. The minimum atomic E-state index is -1.16. The van der Waals surface area contributed by atoms with Crippen LogP contribution in [0.2, 0.25) is 0 Å². The van der Waals surface area contributed by atoms with E-state index < -0.39 is 6.09 Å². The predicted octanol–water partition coefficient (Wildman–Crippen LogP) is 3.66. The van der Waals surface area contributed by atoms with E-state index in [1.165, 1.54) is 4.90 Å². The molecule has 2 heterocycles. The molecule has 8 heteroatoms. The molecule has 0 spiro atoms. The molecule has 2 N–H and O–H groups in total. The quantitative estimate of drug-likeness (QED) is 0.771. The standard InChI is InChI=1S/C21H24N4O4/c1-21(2,3)25-16(11-17(23-25)22-20(28)29)12-8-9-13(10-12)24-18(26)14-6-4-5-7-15(14)19(24)27/h4-7,11-13H,8-10H2,1-3H3,(H,22,23)(H,28,29). The summed E-state index contributed by atoms with van der Waals surface area (Å²) in [4.78, 5) is 38.0. The van der Waals surface area contributed by atoms with Crippen LogP contribution < -0.4 is 5.32 Å². The second kappa shape index (κ2) is 6.72. The van der Waals surface area contributed by atoms with E-state index in [9.17, 15) is 14.4 Å². The van der Waals surface area contributed by atoms with Crippen LogP contribution in [0, 0.1) is 0 Å². The topological polar surface area (TPSA) is 105 Å². The van der Waals surface area contributed by atoms with Gasteiger partial charge in [0, 0.05) is 23.7 Å². The van der Waals surface area contributed by atoms with E-state index in [1.807, 2.05) is 25.5 Å². The number of carboxylic acid groups (broad SMARTS) is 1. The Morgan fingerprint density at radius 2 is 1.76 bits per heavy atom. The molecule has 2 aliphatic rings. The molecule has 29 heavy (non-hydrogen) atoms. The number of imide groups is 1. The summed E-state index contributed by atoms with van der Waals surface area (Å²) >= 11 is 0. The lowest BCUT2D eigenvalue weighted by Gasteiger charge is -2.25. The van der Waals surface area contributed by atoms with E-state index in [2.05, 4.69) is 10.4 Å². The molecule has 1 aromatic heterocycles. The number of amides is 3. The molecular weight excluding hydrogens is 372 g/mol. The first-order chi connectivity index (χ1) is 13.7. The third-order valence-electron chi connectivity index (χ3n) is 5.62. The highest BCUT2D eigenvalue weighted by molar-refractivity contribution is 6.21. The van der Waals surface area contributed by atoms with Gasteiger partial charge in [-0.1, -0.05) is 12.1 Å². The number of rotatable bonds is 3. The number of fused-ring (bicyclic) bond motifs is 1. The highest BCUT2D eigenvalue weighted by atomic mass is 16.4. The molecule has 2 atom stereocenters. The Morgan fingerprint density at radius 1 is 1.14 bits per heavy atom. The van der Waals surface area contributed by atoms with Crippen molar-refractivity contribution in [3.63, 3.8) is 0 Å². The Morgan fingerprint density at radius 3 is 2.31 bits per heavy atom. The molecule has 1 aliphatic heterocycles. The van der Waals surface area contributed by atoms with Crippen molar-refractivity contribution in [3.8, 4) is 0 Å². The summed E-state index contributed by atoms with van der Waals surface area (Å²) in [6.07, 6.45) is 0.990. The maximum absolute atomic E-state index is 12.8. The maximum Gasteiger partial charge on any atom is 0.410 e. The van der Waals surface area contributed by atoms with E-state index in [1.54, 1.807) is 30.3 Å². The van der Waals surface area contributed by atoms with Crippen molar-refractivity contribution in [2.75, 3.05) is 5.32 Å². The monoisotopic (exact) mass is 396 g/mol. The zero-order chi connectivity index (χ0) is 20.9. The molecule has 152 valence electrons. The van der Waals surface area contributed by atoms with Gasteiger partial charge in [-0.2, -0.15) is 5.10 Å². The summed E-state index contributed by atoms with van der Waals surface area (Å²) in [6, 6.07) is 8.51. The minimum absolute atomic E-state index is 0.0837. The number of anilines is 1. The van der Waals surface area contributed by atoms with E-state index in [4.69, 9.17) is 5.11 Å². The van der Waals surface area contributed by atoms with Crippen molar-refractivity contribution in [2.24, 2.45) is 0 Å². The zero-order valence-corrected chi connectivity index (χ0v) is 16.7. The molecule has 1 saturated carbocycles. The molecule has 0 bridgehead atoms. The molecule has 8 nitrogen and oxygen atoms in total. The van der Waals surface area contributed by atoms with Crippen molar-refractivity contribution in [2.45, 2.75) is 57.5 Å². The maximum atomic E-state index is 12.8. The van der Waals surface area contributed by atoms with Crippen LogP contribution in [0.1, 0.15) is 72.4 Å². The Bertz CT molecular complexity index is 969. The molecule has 4 rings (SSSR count). The average molecular weight is 396 g/mol. The van der Waals surface area contributed by atoms with E-state index in [-0.39, 0.29) is 35.1 Å². The minimum Gasteiger partial charge on any atom is -0.465 e. The average Bonchev–Trinajstić information content (AvgIpc) is 3.32. The summed E-state index contributed by atoms with van der Waals surface area (Å²) < 4.78 is 1.84. The summed E-state index contributed by atoms with van der Waals surface area (Å²) in [5.74, 6) is -0.0883. The predicted molar refractivity (Wildman–Crippen MR) is 106 cm³/mol. The van der Waals surface area contributed by atoms with Gasteiger partial charge in [0.15, 0.2) is 5.82 Å². The first kappa shape index (κ1) is 19.2. The Labute approximate surface area is 168 Å². The summed E-state index contributed by atoms with van der Waals surface area (Å²) in [7, 11) is 0. The van der Waals surface area contributed by atoms with Gasteiger partial charge in [0.05, 0.1) is 16.7 Å². The van der Waals surface area contributed by atoms with Crippen LogP contribution in [0.4, 0.5) is 10.6 Å². The lowest BCUT2D eigenvalue weighted by molar-refractivity contribution is 0.0586. The summed E-state index contributed by atoms with van der Waals surface area (Å²) in [5, 5.41) is 15.8. The van der Waals surface area contributed by atoms with Crippen LogP contribution in [-0.4, -0.2) is 43.7 Å². The lowest BCUT2D eigenvalue weighted by Crippen LogP contribution is -2.38. The third-order valence-corrected chi connectivity index (χ3v) is 5.62. The summed E-state index contributed by atoms with van der Waals surface area (Å²) in [6.45, 7) is 6.01. The number of nitrogens with zero attached hydrogens (tertiary/aromatic N) is 3. The van der Waals surface area contributed by atoms with Crippen LogP contribution in [-0.2, 0) is 5.54 Å². The van der Waals surface area contributed by atoms with Crippen molar-refractivity contribution in [1.82, 2.24) is 14.7 Å². The molecule has 1 fully saturated rings. The number of benzene rings is 1. The SMILES string of the molecule is CC(C)(C)n1nc(NC(=O)O)cc1C1CCC(N2C(=O)c3ccccc3C2=O)C1. The first-order valence-corrected chi connectivity index (χ1v) is 9.74. The van der Waals surface area contributed by atoms with Crippen LogP contribution in [0.5, 0.6) is 0 Å². The fraction of sp³-hybridized carbons (Fsp3) is 0.429. The summed E-state index contributed by atoms with van der Waals surface area (Å²) in [5.41, 5.74) is 1.52. The van der Waals surface area contributed by atoms with Gasteiger partial charge in [-0.15, -0.1) is 0 Å². The Balaban J connectivity index is 1.60. The van der Waals surface area contributed by atoms with Gasteiger partial charge in [0.1, 0.15) is 0 Å². The molecule has 0 saturated heterocycles. The van der Waals surface area contributed by atoms with Crippen molar-refractivity contribution >= 4 is 23.7 Å². The van der Waals surface area contributed by atoms with Crippen molar-refractivity contribution in [3.05, 3.63) is 47.2 Å². The largest absolute Gasteiger partial charge is 0.465 e. The van der Waals surface area contributed by atoms with Gasteiger partial charge in [-0.05, 0) is 52.2 Å². The molecule has 2 aromatic rings. The van der Waals surface area contributed by atoms with Gasteiger partial charge in [-0.25, -0.2) is 4.79 Å². The zero-order valence-electron chi connectivity index (χ0n) is 16.7. The molecule has 3 amide bonds. The number of nitrogens with one attached hydrogen (secondary N) is 1. The van der Waals surface area contributed by atoms with Gasteiger partial charge in [0.25, 0.3) is 11.8 Å². The van der Waals surface area contributed by atoms with Crippen LogP contribution in [0.25, 0.3) is 0 Å². The highest BCUT2D eigenvalue weighted by Crippen LogP contribution is 2.41. The van der Waals surface area contributed by atoms with Crippen molar-refractivity contribution in [1.29, 1.82) is 0 Å². The number of carbonyl (C=O) groups is 3. The van der Waals surface area contributed by atoms with Gasteiger partial charge in [-0.3, -0.25) is 24.5 Å². The Hall–Kier alpha value is -3.16. The van der Waals surface area contributed by atoms with E-state index in [0.29, 0.717) is 24.0 Å². The molecule has 1 aromatic carbocycles. The Kier molecular flexibility index (Phi) is 4.44.